The lowest BCUT2D eigenvalue weighted by Crippen LogP contribution is -2.25. The highest BCUT2D eigenvalue weighted by molar-refractivity contribution is 5.25. The monoisotopic (exact) mass is 310 g/mol. The Kier molecular flexibility index (Phi) is 6.66. The van der Waals surface area contributed by atoms with Gasteiger partial charge in [0.1, 0.15) is 0 Å². The van der Waals surface area contributed by atoms with Crippen molar-refractivity contribution in [2.75, 3.05) is 6.61 Å². The third kappa shape index (κ3) is 4.69. The van der Waals surface area contributed by atoms with Crippen molar-refractivity contribution in [3.63, 3.8) is 0 Å². The summed E-state index contributed by atoms with van der Waals surface area (Å²) >= 11 is 0. The summed E-state index contributed by atoms with van der Waals surface area (Å²) in [5.74, 6) is -0.0258. The van der Waals surface area contributed by atoms with Gasteiger partial charge >= 0.3 is 0 Å². The molecule has 0 saturated heterocycles. The van der Waals surface area contributed by atoms with Crippen molar-refractivity contribution < 1.29 is 13.5 Å². The molecule has 2 aliphatic carbocycles. The Labute approximate surface area is 133 Å². The van der Waals surface area contributed by atoms with E-state index in [9.17, 15) is 8.78 Å². The van der Waals surface area contributed by atoms with Gasteiger partial charge in [-0.25, -0.2) is 4.39 Å². The topological polar surface area (TPSA) is 9.23 Å². The average Bonchev–Trinajstić information content (AvgIpc) is 2.59. The molecule has 124 valence electrons. The van der Waals surface area contributed by atoms with E-state index in [0.29, 0.717) is 12.5 Å². The van der Waals surface area contributed by atoms with E-state index >= 15 is 0 Å². The summed E-state index contributed by atoms with van der Waals surface area (Å²) in [7, 11) is 0. The van der Waals surface area contributed by atoms with E-state index in [-0.39, 0.29) is 5.76 Å². The first kappa shape index (κ1) is 17.2. The Balaban J connectivity index is 1.71. The Morgan fingerprint density at radius 3 is 2.14 bits per heavy atom. The van der Waals surface area contributed by atoms with Gasteiger partial charge in [-0.1, -0.05) is 45.3 Å². The molecule has 0 aromatic rings. The first-order valence-electron chi connectivity index (χ1n) is 8.61. The van der Waals surface area contributed by atoms with Gasteiger partial charge in [0, 0.05) is 0 Å². The Morgan fingerprint density at radius 1 is 0.955 bits per heavy atom. The van der Waals surface area contributed by atoms with Crippen molar-refractivity contribution >= 4 is 0 Å². The third-order valence-electron chi connectivity index (χ3n) is 5.33. The maximum Gasteiger partial charge on any atom is 0.199 e. The molecular formula is C19H28F2O. The summed E-state index contributed by atoms with van der Waals surface area (Å²) in [6.07, 6.45) is 12.6. The zero-order valence-corrected chi connectivity index (χ0v) is 13.5. The molecule has 0 aliphatic heterocycles. The zero-order chi connectivity index (χ0) is 15.9. The lowest BCUT2D eigenvalue weighted by molar-refractivity contribution is 0.105. The van der Waals surface area contributed by atoms with Crippen LogP contribution in [0.5, 0.6) is 0 Å². The standard InChI is InChI=1S/C19H28F2O/c1-3-18(20)19(21)14(2)22-13-15-9-11-17(12-10-15)16-7-5-4-6-8-16/h3,15-17H,1-2,4-13H2/b19-18-. The molecule has 0 bridgehead atoms. The van der Waals surface area contributed by atoms with E-state index in [1.165, 1.54) is 44.9 Å². The first-order chi connectivity index (χ1) is 10.6. The van der Waals surface area contributed by atoms with Gasteiger partial charge in [-0.15, -0.1) is 0 Å². The van der Waals surface area contributed by atoms with E-state index in [1.807, 2.05) is 0 Å². The summed E-state index contributed by atoms with van der Waals surface area (Å²) < 4.78 is 31.8. The van der Waals surface area contributed by atoms with Crippen LogP contribution in [0.15, 0.2) is 36.6 Å². The normalized spacial score (nSPS) is 27.9. The second-order valence-corrected chi connectivity index (χ2v) is 6.78. The van der Waals surface area contributed by atoms with Crippen LogP contribution in [0.3, 0.4) is 0 Å². The van der Waals surface area contributed by atoms with E-state index in [0.717, 1.165) is 30.8 Å². The molecule has 0 spiro atoms. The van der Waals surface area contributed by atoms with Gasteiger partial charge in [0.05, 0.1) is 6.61 Å². The molecule has 0 heterocycles. The van der Waals surface area contributed by atoms with Gasteiger partial charge in [0.25, 0.3) is 0 Å². The van der Waals surface area contributed by atoms with Crippen molar-refractivity contribution in [2.24, 2.45) is 17.8 Å². The predicted octanol–water partition coefficient (Wildman–Crippen LogP) is 6.24. The molecule has 0 N–H and O–H groups in total. The number of rotatable bonds is 6. The summed E-state index contributed by atoms with van der Waals surface area (Å²) in [4.78, 5) is 0. The van der Waals surface area contributed by atoms with Crippen LogP contribution < -0.4 is 0 Å². The minimum absolute atomic E-state index is 0.216. The number of ether oxygens (including phenoxy) is 1. The SMILES string of the molecule is C=C/C(F)=C(/F)C(=C)OCC1CCC(C2CCCCC2)CC1. The maximum atomic E-state index is 13.5. The first-order valence-corrected chi connectivity index (χ1v) is 8.61. The Bertz CT molecular complexity index is 413. The van der Waals surface area contributed by atoms with Gasteiger partial charge in [0.15, 0.2) is 17.4 Å². The van der Waals surface area contributed by atoms with Crippen LogP contribution in [0.2, 0.25) is 0 Å². The summed E-state index contributed by atoms with van der Waals surface area (Å²) in [5, 5.41) is 0. The van der Waals surface area contributed by atoms with Crippen LogP contribution in [0.4, 0.5) is 8.78 Å². The van der Waals surface area contributed by atoms with E-state index < -0.39 is 11.7 Å². The highest BCUT2D eigenvalue weighted by Crippen LogP contribution is 2.40. The summed E-state index contributed by atoms with van der Waals surface area (Å²) in [6.45, 7) is 7.09. The van der Waals surface area contributed by atoms with Crippen molar-refractivity contribution in [1.82, 2.24) is 0 Å². The Hall–Kier alpha value is -1.12. The summed E-state index contributed by atoms with van der Waals surface area (Å²) in [5.41, 5.74) is 0. The molecule has 0 aromatic heterocycles. The number of hydrogen-bond acceptors (Lipinski definition) is 1. The fourth-order valence-electron chi connectivity index (χ4n) is 3.94. The van der Waals surface area contributed by atoms with Gasteiger partial charge in [0.2, 0.25) is 0 Å². The lowest BCUT2D eigenvalue weighted by atomic mass is 9.71. The smallest absolute Gasteiger partial charge is 0.199 e. The number of hydrogen-bond donors (Lipinski definition) is 0. The molecule has 2 rings (SSSR count). The molecule has 1 nitrogen and oxygen atoms in total. The van der Waals surface area contributed by atoms with Crippen LogP contribution in [-0.2, 0) is 4.74 Å². The van der Waals surface area contributed by atoms with Crippen molar-refractivity contribution in [3.05, 3.63) is 36.6 Å². The van der Waals surface area contributed by atoms with Gasteiger partial charge in [-0.2, -0.15) is 4.39 Å². The number of allylic oxidation sites excluding steroid dienone is 3. The molecule has 22 heavy (non-hydrogen) atoms. The van der Waals surface area contributed by atoms with Crippen LogP contribution >= 0.6 is 0 Å². The molecular weight excluding hydrogens is 282 g/mol. The molecule has 2 aliphatic rings. The van der Waals surface area contributed by atoms with Crippen LogP contribution in [0, 0.1) is 17.8 Å². The summed E-state index contributed by atoms with van der Waals surface area (Å²) in [6, 6.07) is 0. The minimum atomic E-state index is -1.04. The van der Waals surface area contributed by atoms with Crippen LogP contribution in [-0.4, -0.2) is 6.61 Å². The van der Waals surface area contributed by atoms with E-state index in [1.54, 1.807) is 0 Å². The van der Waals surface area contributed by atoms with E-state index in [2.05, 4.69) is 13.2 Å². The molecule has 0 amide bonds. The second kappa shape index (κ2) is 8.50. The highest BCUT2D eigenvalue weighted by Gasteiger charge is 2.28. The van der Waals surface area contributed by atoms with Crippen LogP contribution in [0.25, 0.3) is 0 Å². The Morgan fingerprint density at radius 2 is 1.55 bits per heavy atom. The van der Waals surface area contributed by atoms with Gasteiger partial charge in [-0.3, -0.25) is 0 Å². The maximum absolute atomic E-state index is 13.5. The molecule has 2 saturated carbocycles. The molecule has 0 atom stereocenters. The molecule has 0 unspecified atom stereocenters. The van der Waals surface area contributed by atoms with Gasteiger partial charge in [-0.05, 0) is 49.5 Å². The lowest BCUT2D eigenvalue weighted by Gasteiger charge is -2.35. The second-order valence-electron chi connectivity index (χ2n) is 6.78. The highest BCUT2D eigenvalue weighted by atomic mass is 19.2. The van der Waals surface area contributed by atoms with Crippen LogP contribution in [0.1, 0.15) is 57.8 Å². The quantitative estimate of drug-likeness (QED) is 0.417. The average molecular weight is 310 g/mol. The van der Waals surface area contributed by atoms with Crippen molar-refractivity contribution in [3.8, 4) is 0 Å². The third-order valence-corrected chi connectivity index (χ3v) is 5.33. The fourth-order valence-corrected chi connectivity index (χ4v) is 3.94. The van der Waals surface area contributed by atoms with Gasteiger partial charge < -0.3 is 4.74 Å². The largest absolute Gasteiger partial charge is 0.491 e. The van der Waals surface area contributed by atoms with Crippen molar-refractivity contribution in [2.45, 2.75) is 57.8 Å². The number of halogens is 2. The van der Waals surface area contributed by atoms with Crippen molar-refractivity contribution in [1.29, 1.82) is 0 Å². The minimum Gasteiger partial charge on any atom is -0.491 e. The molecule has 3 heteroatoms. The fraction of sp³-hybridized carbons (Fsp3) is 0.684. The molecule has 0 radical (unpaired) electrons. The molecule has 2 fully saturated rings. The predicted molar refractivity (Wildman–Crippen MR) is 86.6 cm³/mol. The molecule has 0 aromatic carbocycles. The van der Waals surface area contributed by atoms with E-state index in [4.69, 9.17) is 4.74 Å². The zero-order valence-electron chi connectivity index (χ0n) is 13.5.